The summed E-state index contributed by atoms with van der Waals surface area (Å²) < 4.78 is 0. The number of rotatable bonds is 5. The van der Waals surface area contributed by atoms with Gasteiger partial charge >= 0.3 is 0 Å². The molecule has 0 aliphatic rings. The molecule has 0 saturated heterocycles. The Hall–Kier alpha value is -0.760. The van der Waals surface area contributed by atoms with E-state index in [9.17, 15) is 0 Å². The van der Waals surface area contributed by atoms with Crippen molar-refractivity contribution in [2.45, 2.75) is 48.0 Å². The zero-order valence-electron chi connectivity index (χ0n) is 11.9. The number of thioether (sulfide) groups is 1. The molecule has 1 N–H and O–H groups in total. The Labute approximate surface area is 111 Å². The van der Waals surface area contributed by atoms with Crippen molar-refractivity contribution < 1.29 is 0 Å². The minimum absolute atomic E-state index is 0.524. The average Bonchev–Trinajstić information content (AvgIpc) is 2.32. The van der Waals surface area contributed by atoms with Crippen LogP contribution in [-0.4, -0.2) is 5.04 Å². The average molecular weight is 251 g/mol. The van der Waals surface area contributed by atoms with Gasteiger partial charge in [0.2, 0.25) is 0 Å². The quantitative estimate of drug-likeness (QED) is 0.386. The predicted molar refractivity (Wildman–Crippen MR) is 81.7 cm³/mol. The van der Waals surface area contributed by atoms with E-state index in [1.807, 2.05) is 13.8 Å². The molecule has 0 radical (unpaired) electrons. The van der Waals surface area contributed by atoms with Gasteiger partial charge in [-0.3, -0.25) is 5.41 Å². The van der Waals surface area contributed by atoms with Crippen molar-refractivity contribution in [3.8, 4) is 0 Å². The molecular weight excluding hydrogens is 226 g/mol. The first-order valence-corrected chi connectivity index (χ1v) is 7.04. The molecule has 0 atom stereocenters. The molecule has 0 aromatic rings. The lowest BCUT2D eigenvalue weighted by atomic mass is 10.0. The molecule has 0 saturated carbocycles. The highest BCUT2D eigenvalue weighted by Gasteiger charge is 2.07. The van der Waals surface area contributed by atoms with Gasteiger partial charge < -0.3 is 0 Å². The van der Waals surface area contributed by atoms with Gasteiger partial charge in [-0.2, -0.15) is 0 Å². The van der Waals surface area contributed by atoms with E-state index in [1.165, 1.54) is 16.1 Å². The van der Waals surface area contributed by atoms with Gasteiger partial charge in [-0.1, -0.05) is 44.7 Å². The van der Waals surface area contributed by atoms with Crippen LogP contribution in [0.5, 0.6) is 0 Å². The van der Waals surface area contributed by atoms with Crippen molar-refractivity contribution in [1.82, 2.24) is 0 Å². The summed E-state index contributed by atoms with van der Waals surface area (Å²) in [4.78, 5) is 1.20. The monoisotopic (exact) mass is 251 g/mol. The maximum atomic E-state index is 7.82. The summed E-state index contributed by atoms with van der Waals surface area (Å²) >= 11 is 1.57. The molecule has 0 amide bonds. The van der Waals surface area contributed by atoms with E-state index in [-0.39, 0.29) is 0 Å². The second-order valence-electron chi connectivity index (χ2n) is 4.30. The molecule has 0 spiro atoms. The molecule has 0 unspecified atom stereocenters. The highest BCUT2D eigenvalue weighted by molar-refractivity contribution is 8.17. The normalized spacial score (nSPS) is 14.4. The van der Waals surface area contributed by atoms with E-state index < -0.39 is 0 Å². The van der Waals surface area contributed by atoms with E-state index >= 15 is 0 Å². The highest BCUT2D eigenvalue weighted by atomic mass is 32.2. The summed E-state index contributed by atoms with van der Waals surface area (Å²) in [6, 6.07) is 0. The van der Waals surface area contributed by atoms with Crippen LogP contribution in [-0.2, 0) is 0 Å². The molecule has 2 heteroatoms. The maximum absolute atomic E-state index is 7.82. The first-order valence-electron chi connectivity index (χ1n) is 6.22. The number of hydrogen-bond acceptors (Lipinski definition) is 2. The van der Waals surface area contributed by atoms with Crippen LogP contribution in [0.1, 0.15) is 48.0 Å². The molecule has 0 aromatic carbocycles. The van der Waals surface area contributed by atoms with Crippen molar-refractivity contribution in [2.24, 2.45) is 5.92 Å². The predicted octanol–water partition coefficient (Wildman–Crippen LogP) is 5.56. The van der Waals surface area contributed by atoms with Crippen molar-refractivity contribution in [1.29, 1.82) is 5.41 Å². The van der Waals surface area contributed by atoms with Crippen molar-refractivity contribution in [2.75, 3.05) is 0 Å². The number of hydrogen-bond donors (Lipinski definition) is 1. The zero-order chi connectivity index (χ0) is 13.4. The van der Waals surface area contributed by atoms with Gasteiger partial charge in [0.1, 0.15) is 0 Å². The van der Waals surface area contributed by atoms with Crippen LogP contribution in [0.4, 0.5) is 0 Å². The molecule has 0 aromatic heterocycles. The molecule has 0 rings (SSSR count). The first kappa shape index (κ1) is 16.2. The lowest BCUT2D eigenvalue weighted by Gasteiger charge is -2.11. The summed E-state index contributed by atoms with van der Waals surface area (Å²) in [7, 11) is 0. The molecule has 0 bridgehead atoms. The topological polar surface area (TPSA) is 23.9 Å². The van der Waals surface area contributed by atoms with Gasteiger partial charge in [-0.05, 0) is 50.3 Å². The van der Waals surface area contributed by atoms with Gasteiger partial charge in [0, 0.05) is 4.91 Å². The van der Waals surface area contributed by atoms with Gasteiger partial charge in [0.25, 0.3) is 0 Å². The Morgan fingerprint density at radius 1 is 1.24 bits per heavy atom. The third kappa shape index (κ3) is 5.92. The molecule has 0 aliphatic carbocycles. The first-order chi connectivity index (χ1) is 7.96. The maximum Gasteiger partial charge on any atom is 0.0686 e. The highest BCUT2D eigenvalue weighted by Crippen LogP contribution is 2.28. The van der Waals surface area contributed by atoms with Crippen LogP contribution in [0.3, 0.4) is 0 Å². The van der Waals surface area contributed by atoms with Gasteiger partial charge in [0.15, 0.2) is 0 Å². The van der Waals surface area contributed by atoms with E-state index in [0.29, 0.717) is 5.92 Å². The molecule has 0 fully saturated rings. The molecule has 17 heavy (non-hydrogen) atoms. The lowest BCUT2D eigenvalue weighted by molar-refractivity contribution is 0.789. The fraction of sp³-hybridized carbons (Fsp3) is 0.533. The minimum atomic E-state index is 0.524. The second kappa shape index (κ2) is 8.35. The molecule has 0 aliphatic heterocycles. The van der Waals surface area contributed by atoms with E-state index in [4.69, 9.17) is 5.41 Å². The molecule has 96 valence electrons. The van der Waals surface area contributed by atoms with E-state index in [0.717, 1.165) is 11.5 Å². The van der Waals surface area contributed by atoms with Gasteiger partial charge in [0.05, 0.1) is 5.04 Å². The summed E-state index contributed by atoms with van der Waals surface area (Å²) in [5, 5.41) is 8.54. The lowest BCUT2D eigenvalue weighted by Crippen LogP contribution is -1.95. The Morgan fingerprint density at radius 3 is 2.18 bits per heavy atom. The van der Waals surface area contributed by atoms with Crippen LogP contribution in [0.25, 0.3) is 0 Å². The van der Waals surface area contributed by atoms with E-state index in [2.05, 4.69) is 45.9 Å². The number of nitrogens with one attached hydrogen (secondary N) is 1. The fourth-order valence-electron chi connectivity index (χ4n) is 1.31. The Balaban J connectivity index is 5.18. The standard InChI is InChI=1S/C15H25NS/c1-7-12(6)14(17-15(16)9-3)10-13(8-2)11(4)5/h7-8,10-11,16H,9H2,1-6H3/b12-7-,13-8+,14-10+,16-15?. The van der Waals surface area contributed by atoms with Crippen molar-refractivity contribution in [3.05, 3.63) is 34.3 Å². The third-order valence-electron chi connectivity index (χ3n) is 2.67. The van der Waals surface area contributed by atoms with E-state index in [1.54, 1.807) is 11.8 Å². The smallest absolute Gasteiger partial charge is 0.0686 e. The second-order valence-corrected chi connectivity index (χ2v) is 5.44. The summed E-state index contributed by atoms with van der Waals surface area (Å²) in [6.07, 6.45) is 7.28. The number of allylic oxidation sites excluding steroid dienone is 5. The minimum Gasteiger partial charge on any atom is -0.298 e. The molecule has 1 nitrogen and oxygen atoms in total. The van der Waals surface area contributed by atoms with Crippen molar-refractivity contribution in [3.63, 3.8) is 0 Å². The molecular formula is C15H25NS. The van der Waals surface area contributed by atoms with Crippen LogP contribution in [0.2, 0.25) is 0 Å². The Bertz CT molecular complexity index is 346. The zero-order valence-corrected chi connectivity index (χ0v) is 12.7. The fourth-order valence-corrected chi connectivity index (χ4v) is 2.19. The van der Waals surface area contributed by atoms with Crippen LogP contribution in [0.15, 0.2) is 34.3 Å². The van der Waals surface area contributed by atoms with Crippen molar-refractivity contribution >= 4 is 16.8 Å². The molecule has 0 heterocycles. The largest absolute Gasteiger partial charge is 0.298 e. The Kier molecular flexibility index (Phi) is 7.98. The Morgan fingerprint density at radius 2 is 1.82 bits per heavy atom. The van der Waals surface area contributed by atoms with Gasteiger partial charge in [-0.25, -0.2) is 0 Å². The SMILES string of the molecule is C\C=C(C)/C(=C\C(=C/C)C(C)C)SC(=N)CC. The van der Waals surface area contributed by atoms with Crippen LogP contribution >= 0.6 is 11.8 Å². The van der Waals surface area contributed by atoms with Gasteiger partial charge in [-0.15, -0.1) is 0 Å². The van der Waals surface area contributed by atoms with Crippen LogP contribution in [0, 0.1) is 11.3 Å². The summed E-state index contributed by atoms with van der Waals surface area (Å²) in [6.45, 7) is 12.6. The summed E-state index contributed by atoms with van der Waals surface area (Å²) in [5.74, 6) is 0.524. The summed E-state index contributed by atoms with van der Waals surface area (Å²) in [5.41, 5.74) is 2.57. The third-order valence-corrected chi connectivity index (χ3v) is 3.87. The van der Waals surface area contributed by atoms with Crippen LogP contribution < -0.4 is 0 Å².